The minimum Gasteiger partial charge on any atom is -0.469 e. The molecule has 0 fully saturated rings. The van der Waals surface area contributed by atoms with Crippen LogP contribution in [0.4, 0.5) is 0 Å². The van der Waals surface area contributed by atoms with Crippen LogP contribution in [0, 0.1) is 0 Å². The lowest BCUT2D eigenvalue weighted by Gasteiger charge is -2.17. The predicted molar refractivity (Wildman–Crippen MR) is 92.4 cm³/mol. The molecule has 1 atom stereocenters. The van der Waals surface area contributed by atoms with Crippen LogP contribution in [0.3, 0.4) is 0 Å². The van der Waals surface area contributed by atoms with E-state index in [1.165, 1.54) is 14.2 Å². The van der Waals surface area contributed by atoms with Crippen molar-refractivity contribution < 1.29 is 19.1 Å². The van der Waals surface area contributed by atoms with Gasteiger partial charge in [0.1, 0.15) is 6.04 Å². The highest BCUT2D eigenvalue weighted by molar-refractivity contribution is 7.80. The molecule has 0 saturated heterocycles. The molecule has 24 heavy (non-hydrogen) atoms. The normalized spacial score (nSPS) is 12.0. The van der Waals surface area contributed by atoms with Crippen molar-refractivity contribution in [2.45, 2.75) is 25.8 Å². The molecule has 0 aliphatic rings. The number of aromatic nitrogens is 1. The van der Waals surface area contributed by atoms with E-state index in [0.717, 1.165) is 0 Å². The second-order valence-electron chi connectivity index (χ2n) is 4.69. The Kier molecular flexibility index (Phi) is 8.34. The number of hydrazone groups is 1. The molecule has 2 N–H and O–H groups in total. The standard InChI is InChI=1S/C15H20N4O4S/c1-10(11-6-4-5-9-16-11)18-19-15(24)17-12(14(21)23-3)7-8-13(20)22-2/h4-6,9,12H,7-8H2,1-3H3,(H2,17,19,24)/b18-10-/t12-/m0/s1. The molecule has 1 aromatic heterocycles. The third-order valence-electron chi connectivity index (χ3n) is 3.02. The Hall–Kier alpha value is -2.55. The minimum absolute atomic E-state index is 0.0576. The van der Waals surface area contributed by atoms with Gasteiger partial charge in [-0.3, -0.25) is 15.2 Å². The maximum Gasteiger partial charge on any atom is 0.328 e. The monoisotopic (exact) mass is 352 g/mol. The lowest BCUT2D eigenvalue weighted by molar-refractivity contribution is -0.144. The number of carbonyl (C=O) groups excluding carboxylic acids is 2. The van der Waals surface area contributed by atoms with Crippen molar-refractivity contribution in [2.24, 2.45) is 5.10 Å². The van der Waals surface area contributed by atoms with Gasteiger partial charge in [-0.2, -0.15) is 5.10 Å². The Labute approximate surface area is 145 Å². The van der Waals surface area contributed by atoms with Crippen LogP contribution in [-0.2, 0) is 19.1 Å². The number of pyridine rings is 1. The van der Waals surface area contributed by atoms with Crippen LogP contribution < -0.4 is 10.7 Å². The number of methoxy groups -OCH3 is 2. The van der Waals surface area contributed by atoms with E-state index < -0.39 is 18.0 Å². The molecular formula is C15H20N4O4S. The first-order valence-corrected chi connectivity index (χ1v) is 7.55. The molecule has 0 unspecified atom stereocenters. The predicted octanol–water partition coefficient (Wildman–Crippen LogP) is 0.764. The molecule has 1 aromatic rings. The molecule has 0 radical (unpaired) electrons. The smallest absolute Gasteiger partial charge is 0.328 e. The Balaban J connectivity index is 2.61. The average Bonchev–Trinajstić information content (AvgIpc) is 2.62. The first-order valence-electron chi connectivity index (χ1n) is 7.14. The lowest BCUT2D eigenvalue weighted by atomic mass is 10.1. The third kappa shape index (κ3) is 6.69. The Bertz CT molecular complexity index is 607. The third-order valence-corrected chi connectivity index (χ3v) is 3.23. The number of ether oxygens (including phenoxy) is 2. The van der Waals surface area contributed by atoms with E-state index in [4.69, 9.17) is 12.2 Å². The van der Waals surface area contributed by atoms with Gasteiger partial charge in [-0.1, -0.05) is 6.07 Å². The number of thiocarbonyl (C=S) groups is 1. The van der Waals surface area contributed by atoms with Crippen molar-refractivity contribution >= 4 is 35.0 Å². The summed E-state index contributed by atoms with van der Waals surface area (Å²) in [5.74, 6) is -0.956. The number of hydrogen-bond donors (Lipinski definition) is 2. The molecule has 0 aliphatic carbocycles. The second kappa shape index (κ2) is 10.3. The highest BCUT2D eigenvalue weighted by Gasteiger charge is 2.21. The van der Waals surface area contributed by atoms with Crippen LogP contribution in [-0.4, -0.2) is 48.0 Å². The summed E-state index contributed by atoms with van der Waals surface area (Å²) in [6.07, 6.45) is 1.90. The summed E-state index contributed by atoms with van der Waals surface area (Å²) in [7, 11) is 2.54. The van der Waals surface area contributed by atoms with Crippen LogP contribution in [0.25, 0.3) is 0 Å². The number of esters is 2. The zero-order valence-electron chi connectivity index (χ0n) is 13.7. The molecular weight excluding hydrogens is 332 g/mol. The van der Waals surface area contributed by atoms with Crippen LogP contribution >= 0.6 is 12.2 Å². The number of hydrogen-bond acceptors (Lipinski definition) is 7. The van der Waals surface area contributed by atoms with Gasteiger partial charge in [-0.15, -0.1) is 0 Å². The van der Waals surface area contributed by atoms with Gasteiger partial charge in [0, 0.05) is 12.6 Å². The molecule has 130 valence electrons. The number of nitrogens with zero attached hydrogens (tertiary/aromatic N) is 2. The van der Waals surface area contributed by atoms with E-state index in [9.17, 15) is 9.59 Å². The van der Waals surface area contributed by atoms with Crippen molar-refractivity contribution in [3.8, 4) is 0 Å². The van der Waals surface area contributed by atoms with Gasteiger partial charge in [0.15, 0.2) is 5.11 Å². The van der Waals surface area contributed by atoms with Gasteiger partial charge in [0.25, 0.3) is 0 Å². The van der Waals surface area contributed by atoms with Crippen LogP contribution in [0.1, 0.15) is 25.5 Å². The van der Waals surface area contributed by atoms with E-state index in [-0.39, 0.29) is 18.0 Å². The average molecular weight is 352 g/mol. The summed E-state index contributed by atoms with van der Waals surface area (Å²) >= 11 is 5.10. The van der Waals surface area contributed by atoms with Crippen LogP contribution in [0.15, 0.2) is 29.5 Å². The van der Waals surface area contributed by atoms with Gasteiger partial charge < -0.3 is 14.8 Å². The van der Waals surface area contributed by atoms with Crippen molar-refractivity contribution in [3.05, 3.63) is 30.1 Å². The zero-order valence-corrected chi connectivity index (χ0v) is 14.6. The molecule has 1 rings (SSSR count). The fourth-order valence-corrected chi connectivity index (χ4v) is 1.90. The molecule has 0 spiro atoms. The van der Waals surface area contributed by atoms with E-state index in [1.807, 2.05) is 12.1 Å². The number of rotatable bonds is 7. The highest BCUT2D eigenvalue weighted by Crippen LogP contribution is 2.01. The first-order chi connectivity index (χ1) is 11.5. The maximum absolute atomic E-state index is 11.7. The SMILES string of the molecule is COC(=O)CC[C@H](NC(=S)N/N=C(/C)c1ccccn1)C(=O)OC. The summed E-state index contributed by atoms with van der Waals surface area (Å²) in [5.41, 5.74) is 3.96. The summed E-state index contributed by atoms with van der Waals surface area (Å²) in [6, 6.07) is 4.68. The van der Waals surface area contributed by atoms with Gasteiger partial charge >= 0.3 is 11.9 Å². The van der Waals surface area contributed by atoms with Gasteiger partial charge in [0.2, 0.25) is 0 Å². The molecule has 0 bridgehead atoms. The summed E-state index contributed by atoms with van der Waals surface area (Å²) in [4.78, 5) is 27.1. The summed E-state index contributed by atoms with van der Waals surface area (Å²) < 4.78 is 9.24. The number of nitrogens with one attached hydrogen (secondary N) is 2. The first kappa shape index (κ1) is 19.5. The summed E-state index contributed by atoms with van der Waals surface area (Å²) in [6.45, 7) is 1.77. The fraction of sp³-hybridized carbons (Fsp3) is 0.400. The largest absolute Gasteiger partial charge is 0.469 e. The van der Waals surface area contributed by atoms with Crippen LogP contribution in [0.5, 0.6) is 0 Å². The molecule has 0 amide bonds. The second-order valence-corrected chi connectivity index (χ2v) is 5.10. The molecule has 9 heteroatoms. The van der Waals surface area contributed by atoms with E-state index in [0.29, 0.717) is 11.4 Å². The van der Waals surface area contributed by atoms with E-state index >= 15 is 0 Å². The Morgan fingerprint density at radius 2 is 2.08 bits per heavy atom. The Morgan fingerprint density at radius 3 is 2.67 bits per heavy atom. The van der Waals surface area contributed by atoms with Crippen molar-refractivity contribution in [2.75, 3.05) is 14.2 Å². The minimum atomic E-state index is -0.778. The van der Waals surface area contributed by atoms with E-state index in [1.54, 1.807) is 19.2 Å². The molecule has 0 aromatic carbocycles. The zero-order chi connectivity index (χ0) is 17.9. The Morgan fingerprint density at radius 1 is 1.33 bits per heavy atom. The molecule has 1 heterocycles. The highest BCUT2D eigenvalue weighted by atomic mass is 32.1. The fourth-order valence-electron chi connectivity index (χ4n) is 1.71. The van der Waals surface area contributed by atoms with Gasteiger partial charge in [0.05, 0.1) is 25.6 Å². The topological polar surface area (TPSA) is 102 Å². The quantitative estimate of drug-likeness (QED) is 0.321. The van der Waals surface area contributed by atoms with Crippen molar-refractivity contribution in [3.63, 3.8) is 0 Å². The van der Waals surface area contributed by atoms with Gasteiger partial charge in [-0.05, 0) is 37.7 Å². The van der Waals surface area contributed by atoms with Crippen molar-refractivity contribution in [1.29, 1.82) is 0 Å². The van der Waals surface area contributed by atoms with Crippen molar-refractivity contribution in [1.82, 2.24) is 15.7 Å². The molecule has 0 aliphatic heterocycles. The van der Waals surface area contributed by atoms with Gasteiger partial charge in [-0.25, -0.2) is 4.79 Å². The molecule has 0 saturated carbocycles. The lowest BCUT2D eigenvalue weighted by Crippen LogP contribution is -2.45. The summed E-state index contributed by atoms with van der Waals surface area (Å²) in [5, 5.41) is 7.00. The number of carbonyl (C=O) groups is 2. The van der Waals surface area contributed by atoms with E-state index in [2.05, 4.69) is 30.3 Å². The van der Waals surface area contributed by atoms with Crippen LogP contribution in [0.2, 0.25) is 0 Å². The maximum atomic E-state index is 11.7. The molecule has 8 nitrogen and oxygen atoms in total.